The Kier molecular flexibility index (Phi) is 6.60. The van der Waals surface area contributed by atoms with Gasteiger partial charge in [-0.3, -0.25) is 0 Å². The van der Waals surface area contributed by atoms with Gasteiger partial charge in [0.1, 0.15) is 0 Å². The first kappa shape index (κ1) is 17.9. The minimum Gasteiger partial charge on any atom is -0.478 e. The second-order valence-corrected chi connectivity index (χ2v) is 7.03. The average molecular weight is 335 g/mol. The molecule has 0 saturated heterocycles. The molecule has 0 atom stereocenters. The summed E-state index contributed by atoms with van der Waals surface area (Å²) in [6, 6.07) is 3.57. The standard InChI is InChI=1S/C13H19ClN2O4S/c1-16(2)8-4-3-7-15-21(19,20)10-5-6-11(13(17)18)12(14)9-10/h5-6,9,15H,3-4,7-8H2,1-2H3,(H,17,18). The molecule has 8 heteroatoms. The number of aromatic carboxylic acids is 1. The summed E-state index contributed by atoms with van der Waals surface area (Å²) < 4.78 is 26.5. The van der Waals surface area contributed by atoms with Crippen molar-refractivity contribution in [3.8, 4) is 0 Å². The van der Waals surface area contributed by atoms with Gasteiger partial charge in [-0.05, 0) is 51.7 Å². The number of benzene rings is 1. The smallest absolute Gasteiger partial charge is 0.337 e. The monoisotopic (exact) mass is 334 g/mol. The molecule has 0 saturated carbocycles. The van der Waals surface area contributed by atoms with Gasteiger partial charge >= 0.3 is 5.97 Å². The molecule has 21 heavy (non-hydrogen) atoms. The Hall–Kier alpha value is -1.15. The van der Waals surface area contributed by atoms with Crippen LogP contribution < -0.4 is 4.72 Å². The molecule has 0 radical (unpaired) electrons. The number of carbonyl (C=O) groups is 1. The zero-order valence-corrected chi connectivity index (χ0v) is 13.5. The normalized spacial score (nSPS) is 11.8. The molecular weight excluding hydrogens is 316 g/mol. The highest BCUT2D eigenvalue weighted by Gasteiger charge is 2.17. The van der Waals surface area contributed by atoms with E-state index >= 15 is 0 Å². The van der Waals surface area contributed by atoms with E-state index in [2.05, 4.69) is 4.72 Å². The van der Waals surface area contributed by atoms with Crippen LogP contribution in [0.2, 0.25) is 5.02 Å². The number of halogens is 1. The Balaban J connectivity index is 2.66. The molecule has 0 aliphatic rings. The highest BCUT2D eigenvalue weighted by atomic mass is 35.5. The number of hydrogen-bond donors (Lipinski definition) is 2. The van der Waals surface area contributed by atoms with Crippen molar-refractivity contribution in [3.63, 3.8) is 0 Å². The molecule has 2 N–H and O–H groups in total. The van der Waals surface area contributed by atoms with E-state index in [1.165, 1.54) is 12.1 Å². The summed E-state index contributed by atoms with van der Waals surface area (Å²) in [5, 5.41) is 8.75. The van der Waals surface area contributed by atoms with Gasteiger partial charge in [-0.1, -0.05) is 11.6 Å². The van der Waals surface area contributed by atoms with Gasteiger partial charge in [0.05, 0.1) is 15.5 Å². The maximum Gasteiger partial charge on any atom is 0.337 e. The van der Waals surface area contributed by atoms with Crippen molar-refractivity contribution in [2.24, 2.45) is 0 Å². The van der Waals surface area contributed by atoms with Gasteiger partial charge in [-0.25, -0.2) is 17.9 Å². The van der Waals surface area contributed by atoms with Gasteiger partial charge in [-0.15, -0.1) is 0 Å². The van der Waals surface area contributed by atoms with Crippen molar-refractivity contribution in [1.29, 1.82) is 0 Å². The van der Waals surface area contributed by atoms with Crippen molar-refractivity contribution in [2.75, 3.05) is 27.2 Å². The lowest BCUT2D eigenvalue weighted by molar-refractivity contribution is 0.0697. The van der Waals surface area contributed by atoms with E-state index in [0.717, 1.165) is 25.5 Å². The number of nitrogens with one attached hydrogen (secondary N) is 1. The molecule has 0 aliphatic carbocycles. The van der Waals surface area contributed by atoms with Crippen molar-refractivity contribution >= 4 is 27.6 Å². The molecule has 0 aliphatic heterocycles. The fourth-order valence-electron chi connectivity index (χ4n) is 1.68. The largest absolute Gasteiger partial charge is 0.478 e. The summed E-state index contributed by atoms with van der Waals surface area (Å²) in [5.74, 6) is -1.19. The highest BCUT2D eigenvalue weighted by molar-refractivity contribution is 7.89. The van der Waals surface area contributed by atoms with Crippen molar-refractivity contribution in [1.82, 2.24) is 9.62 Å². The van der Waals surface area contributed by atoms with E-state index < -0.39 is 16.0 Å². The lowest BCUT2D eigenvalue weighted by atomic mass is 10.2. The molecule has 0 bridgehead atoms. The number of rotatable bonds is 8. The Morgan fingerprint density at radius 3 is 2.52 bits per heavy atom. The second-order valence-electron chi connectivity index (χ2n) is 4.85. The summed E-state index contributed by atoms with van der Waals surface area (Å²) in [6.07, 6.45) is 1.60. The van der Waals surface area contributed by atoms with E-state index in [4.69, 9.17) is 16.7 Å². The quantitative estimate of drug-likeness (QED) is 0.706. The Bertz CT molecular complexity index is 602. The third-order valence-electron chi connectivity index (χ3n) is 2.81. The van der Waals surface area contributed by atoms with Gasteiger partial charge in [0.15, 0.2) is 0 Å². The summed E-state index contributed by atoms with van der Waals surface area (Å²) >= 11 is 5.77. The topological polar surface area (TPSA) is 86.7 Å². The SMILES string of the molecule is CN(C)CCCCNS(=O)(=O)c1ccc(C(=O)O)c(Cl)c1. The number of nitrogens with zero attached hydrogens (tertiary/aromatic N) is 1. The molecule has 0 unspecified atom stereocenters. The number of sulfonamides is 1. The van der Waals surface area contributed by atoms with Crippen molar-refractivity contribution in [3.05, 3.63) is 28.8 Å². The van der Waals surface area contributed by atoms with Crippen LogP contribution in [0, 0.1) is 0 Å². The molecule has 118 valence electrons. The summed E-state index contributed by atoms with van der Waals surface area (Å²) in [5.41, 5.74) is -0.124. The van der Waals surface area contributed by atoms with Crippen LogP contribution in [0.4, 0.5) is 0 Å². The lowest BCUT2D eigenvalue weighted by Crippen LogP contribution is -2.25. The molecule has 0 heterocycles. The predicted molar refractivity (Wildman–Crippen MR) is 81.4 cm³/mol. The van der Waals surface area contributed by atoms with Crippen LogP contribution in [-0.2, 0) is 10.0 Å². The zero-order chi connectivity index (χ0) is 16.0. The Morgan fingerprint density at radius 1 is 1.33 bits per heavy atom. The fourth-order valence-corrected chi connectivity index (χ4v) is 3.11. The third-order valence-corrected chi connectivity index (χ3v) is 4.58. The van der Waals surface area contributed by atoms with E-state index in [1.54, 1.807) is 0 Å². The lowest BCUT2D eigenvalue weighted by Gasteiger charge is -2.10. The first-order valence-electron chi connectivity index (χ1n) is 6.41. The van der Waals surface area contributed by atoms with Gasteiger partial charge in [0, 0.05) is 6.54 Å². The molecule has 0 fully saturated rings. The van der Waals surface area contributed by atoms with Crippen LogP contribution in [0.3, 0.4) is 0 Å². The molecule has 0 amide bonds. The van der Waals surface area contributed by atoms with Crippen LogP contribution in [0.5, 0.6) is 0 Å². The van der Waals surface area contributed by atoms with Crippen LogP contribution >= 0.6 is 11.6 Å². The van der Waals surface area contributed by atoms with Crippen LogP contribution in [-0.4, -0.2) is 51.6 Å². The first-order valence-corrected chi connectivity index (χ1v) is 8.27. The molecule has 1 aromatic carbocycles. The number of hydrogen-bond acceptors (Lipinski definition) is 4. The molecule has 1 rings (SSSR count). The van der Waals surface area contributed by atoms with Crippen molar-refractivity contribution < 1.29 is 18.3 Å². The van der Waals surface area contributed by atoms with E-state index in [9.17, 15) is 13.2 Å². The minimum atomic E-state index is -3.67. The number of carboxylic acids is 1. The maximum absolute atomic E-state index is 12.0. The summed E-state index contributed by atoms with van der Waals surface area (Å²) in [7, 11) is 0.242. The average Bonchev–Trinajstić information content (AvgIpc) is 2.37. The molecule has 1 aromatic rings. The molecule has 6 nitrogen and oxygen atoms in total. The predicted octanol–water partition coefficient (Wildman–Crippen LogP) is 1.66. The first-order chi connectivity index (χ1) is 9.74. The van der Waals surface area contributed by atoms with E-state index in [0.29, 0.717) is 6.54 Å². The molecule has 0 spiro atoms. The Morgan fingerprint density at radius 2 is 2.00 bits per heavy atom. The van der Waals surface area contributed by atoms with E-state index in [1.807, 2.05) is 19.0 Å². The fraction of sp³-hybridized carbons (Fsp3) is 0.462. The van der Waals surface area contributed by atoms with E-state index in [-0.39, 0.29) is 15.5 Å². The molecular formula is C13H19ClN2O4S. The third kappa shape index (κ3) is 5.62. The van der Waals surface area contributed by atoms with Gasteiger partial charge in [-0.2, -0.15) is 0 Å². The maximum atomic E-state index is 12.0. The summed E-state index contributed by atoms with van der Waals surface area (Å²) in [4.78, 5) is 12.8. The van der Waals surface area contributed by atoms with Gasteiger partial charge < -0.3 is 10.0 Å². The minimum absolute atomic E-state index is 0.0369. The zero-order valence-electron chi connectivity index (χ0n) is 12.0. The molecule has 0 aromatic heterocycles. The van der Waals surface area contributed by atoms with Crippen LogP contribution in [0.1, 0.15) is 23.2 Å². The van der Waals surface area contributed by atoms with Crippen LogP contribution in [0.15, 0.2) is 23.1 Å². The summed E-state index contributed by atoms with van der Waals surface area (Å²) in [6.45, 7) is 1.22. The van der Waals surface area contributed by atoms with Gasteiger partial charge in [0.2, 0.25) is 10.0 Å². The van der Waals surface area contributed by atoms with Gasteiger partial charge in [0.25, 0.3) is 0 Å². The number of carboxylic acid groups (broad SMARTS) is 1. The Labute approximate surface area is 129 Å². The number of unbranched alkanes of at least 4 members (excludes halogenated alkanes) is 1. The van der Waals surface area contributed by atoms with Crippen molar-refractivity contribution in [2.45, 2.75) is 17.7 Å². The van der Waals surface area contributed by atoms with Crippen LogP contribution in [0.25, 0.3) is 0 Å². The second kappa shape index (κ2) is 7.74. The highest BCUT2D eigenvalue weighted by Crippen LogP contribution is 2.20.